The van der Waals surface area contributed by atoms with Crippen molar-refractivity contribution >= 4 is 46.6 Å². The number of rotatable bonds is 14. The smallest absolute Gasteiger partial charge is 0.409 e. The van der Waals surface area contributed by atoms with Gasteiger partial charge in [-0.3, -0.25) is 24.0 Å². The van der Waals surface area contributed by atoms with Crippen LogP contribution in [0.25, 0.3) is 10.9 Å². The molecule has 2 aliphatic heterocycles. The summed E-state index contributed by atoms with van der Waals surface area (Å²) in [6.45, 7) is 7.27. The first-order chi connectivity index (χ1) is 27.0. The lowest BCUT2D eigenvalue weighted by Gasteiger charge is -2.36. The topological polar surface area (TPSA) is 177 Å². The number of piperazine rings is 1. The van der Waals surface area contributed by atoms with Crippen LogP contribution in [0, 0.1) is 12.8 Å². The molecule has 0 bridgehead atoms. The van der Waals surface area contributed by atoms with Crippen molar-refractivity contribution < 1.29 is 43.0 Å². The maximum Gasteiger partial charge on any atom is 0.409 e. The van der Waals surface area contributed by atoms with E-state index in [-0.39, 0.29) is 80.8 Å². The summed E-state index contributed by atoms with van der Waals surface area (Å²) >= 11 is 0. The van der Waals surface area contributed by atoms with Gasteiger partial charge in [-0.1, -0.05) is 18.9 Å². The standard InChI is InChI=1S/C41H56N6O9/c1-4-54-41(53)46-21-19-45(20-22-46)40(52)31(16-17-36(48)55-25-28-9-5-6-10-28)44-37(49)33-24-35(30-15-14-26(2)23-32(30)43-33)56-27(3)39(51)47-18-8-13-34(47)38(50)42-29-11-7-12-29/h14-15,23-24,27-29,31,34H,4-13,16-22,25H2,1-3H3,(H,42,50)(H,44,49)/t27-,31+,34+/m1/s1. The summed E-state index contributed by atoms with van der Waals surface area (Å²) < 4.78 is 17.0. The van der Waals surface area contributed by atoms with Gasteiger partial charge in [0.1, 0.15) is 23.5 Å². The number of aryl methyl sites for hydroxylation is 1. The Kier molecular flexibility index (Phi) is 13.7. The molecule has 2 saturated heterocycles. The molecule has 15 heteroatoms. The van der Waals surface area contributed by atoms with Gasteiger partial charge >= 0.3 is 12.1 Å². The average molecular weight is 777 g/mol. The Morgan fingerprint density at radius 2 is 1.59 bits per heavy atom. The summed E-state index contributed by atoms with van der Waals surface area (Å²) in [6, 6.07) is 5.47. The number of aromatic nitrogens is 1. The molecule has 1 aromatic heterocycles. The maximum absolute atomic E-state index is 14.0. The third-order valence-electron chi connectivity index (χ3n) is 11.4. The van der Waals surface area contributed by atoms with Crippen LogP contribution in [0.2, 0.25) is 0 Å². The molecule has 0 unspecified atom stereocenters. The normalized spacial score (nSPS) is 19.9. The number of benzene rings is 1. The van der Waals surface area contributed by atoms with Gasteiger partial charge in [0, 0.05) is 56.6 Å². The number of pyridine rings is 1. The molecule has 1 aromatic carbocycles. The molecule has 4 fully saturated rings. The Morgan fingerprint density at radius 3 is 2.29 bits per heavy atom. The molecule has 2 aromatic rings. The molecule has 2 N–H and O–H groups in total. The molecular weight excluding hydrogens is 720 g/mol. The third kappa shape index (κ3) is 10.1. The van der Waals surface area contributed by atoms with E-state index in [4.69, 9.17) is 14.2 Å². The van der Waals surface area contributed by atoms with Crippen molar-refractivity contribution in [3.8, 4) is 5.75 Å². The van der Waals surface area contributed by atoms with E-state index in [1.807, 2.05) is 19.1 Å². The highest BCUT2D eigenvalue weighted by Gasteiger charge is 2.38. The minimum atomic E-state index is -1.09. The Morgan fingerprint density at radius 1 is 0.857 bits per heavy atom. The number of carbonyl (C=O) groups is 6. The molecule has 304 valence electrons. The van der Waals surface area contributed by atoms with Crippen molar-refractivity contribution in [1.82, 2.24) is 30.3 Å². The number of hydrogen-bond acceptors (Lipinski definition) is 10. The number of carbonyl (C=O) groups excluding carboxylic acids is 6. The molecule has 5 amide bonds. The van der Waals surface area contributed by atoms with Gasteiger partial charge in [0.2, 0.25) is 11.8 Å². The highest BCUT2D eigenvalue weighted by Crippen LogP contribution is 2.30. The third-order valence-corrected chi connectivity index (χ3v) is 11.4. The highest BCUT2D eigenvalue weighted by molar-refractivity contribution is 6.00. The monoisotopic (exact) mass is 776 g/mol. The minimum absolute atomic E-state index is 0.000921. The number of fused-ring (bicyclic) bond motifs is 1. The molecule has 2 saturated carbocycles. The summed E-state index contributed by atoms with van der Waals surface area (Å²) in [5.74, 6) is -1.35. The number of nitrogens with zero attached hydrogens (tertiary/aromatic N) is 4. The van der Waals surface area contributed by atoms with Crippen molar-refractivity contribution in [3.63, 3.8) is 0 Å². The zero-order valence-corrected chi connectivity index (χ0v) is 32.9. The van der Waals surface area contributed by atoms with Gasteiger partial charge in [-0.2, -0.15) is 0 Å². The van der Waals surface area contributed by atoms with Gasteiger partial charge in [0.05, 0.1) is 18.7 Å². The Bertz CT molecular complexity index is 1770. The van der Waals surface area contributed by atoms with Gasteiger partial charge in [0.25, 0.3) is 11.8 Å². The van der Waals surface area contributed by atoms with E-state index in [1.165, 1.54) is 11.0 Å². The molecule has 0 radical (unpaired) electrons. The average Bonchev–Trinajstić information content (AvgIpc) is 3.89. The van der Waals surface area contributed by atoms with Gasteiger partial charge in [-0.25, -0.2) is 9.78 Å². The number of likely N-dealkylation sites (tertiary alicyclic amines) is 1. The highest BCUT2D eigenvalue weighted by atomic mass is 16.6. The first-order valence-electron chi connectivity index (χ1n) is 20.4. The molecule has 15 nitrogen and oxygen atoms in total. The fraction of sp³-hybridized carbons (Fsp3) is 0.634. The van der Waals surface area contributed by atoms with Gasteiger partial charge < -0.3 is 39.5 Å². The second-order valence-corrected chi connectivity index (χ2v) is 15.5. The fourth-order valence-electron chi connectivity index (χ4n) is 7.90. The van der Waals surface area contributed by atoms with E-state index in [1.54, 1.807) is 29.7 Å². The van der Waals surface area contributed by atoms with Gasteiger partial charge in [-0.15, -0.1) is 0 Å². The van der Waals surface area contributed by atoms with Gasteiger partial charge in [0.15, 0.2) is 6.10 Å². The fourth-order valence-corrected chi connectivity index (χ4v) is 7.90. The Labute approximate surface area is 328 Å². The summed E-state index contributed by atoms with van der Waals surface area (Å²) in [4.78, 5) is 89.3. The number of ether oxygens (including phenoxy) is 3. The van der Waals surface area contributed by atoms with Crippen LogP contribution < -0.4 is 15.4 Å². The zero-order valence-electron chi connectivity index (χ0n) is 32.9. The van der Waals surface area contributed by atoms with Crippen LogP contribution in [-0.2, 0) is 28.7 Å². The molecule has 3 heterocycles. The van der Waals surface area contributed by atoms with E-state index in [0.717, 1.165) is 50.5 Å². The molecule has 2 aliphatic carbocycles. The SMILES string of the molecule is CCOC(=O)N1CCN(C(=O)[C@H](CCC(=O)OCC2CCCC2)NC(=O)c2cc(O[C@H](C)C(=O)N3CCC[C@H]3C(=O)NC3CCC3)c3ccc(C)cc3n2)CC1. The van der Waals surface area contributed by atoms with E-state index in [0.29, 0.717) is 42.8 Å². The summed E-state index contributed by atoms with van der Waals surface area (Å²) in [5, 5.41) is 6.48. The van der Waals surface area contributed by atoms with Crippen LogP contribution in [0.4, 0.5) is 4.79 Å². The minimum Gasteiger partial charge on any atom is -0.480 e. The van der Waals surface area contributed by atoms with E-state index in [2.05, 4.69) is 15.6 Å². The predicted octanol–water partition coefficient (Wildman–Crippen LogP) is 3.88. The first-order valence-corrected chi connectivity index (χ1v) is 20.4. The lowest BCUT2D eigenvalue weighted by atomic mass is 9.93. The van der Waals surface area contributed by atoms with E-state index in [9.17, 15) is 28.8 Å². The van der Waals surface area contributed by atoms with Crippen molar-refractivity contribution in [1.29, 1.82) is 0 Å². The number of amides is 5. The summed E-state index contributed by atoms with van der Waals surface area (Å²) in [5.41, 5.74) is 1.31. The molecule has 4 aliphatic rings. The van der Waals surface area contributed by atoms with E-state index < -0.39 is 36.2 Å². The van der Waals surface area contributed by atoms with Crippen LogP contribution in [0.15, 0.2) is 24.3 Å². The van der Waals surface area contributed by atoms with Crippen LogP contribution in [0.1, 0.15) is 101 Å². The van der Waals surface area contributed by atoms with Crippen molar-refractivity contribution in [3.05, 3.63) is 35.5 Å². The Balaban J connectivity index is 1.17. The summed E-state index contributed by atoms with van der Waals surface area (Å²) in [7, 11) is 0. The molecular formula is C41H56N6O9. The molecule has 0 spiro atoms. The predicted molar refractivity (Wildman–Crippen MR) is 206 cm³/mol. The van der Waals surface area contributed by atoms with E-state index >= 15 is 0 Å². The van der Waals surface area contributed by atoms with Crippen molar-refractivity contribution in [2.75, 3.05) is 45.9 Å². The van der Waals surface area contributed by atoms with Crippen LogP contribution in [-0.4, -0.2) is 126 Å². The second-order valence-electron chi connectivity index (χ2n) is 15.5. The largest absolute Gasteiger partial charge is 0.480 e. The maximum atomic E-state index is 14.0. The van der Waals surface area contributed by atoms with Crippen LogP contribution >= 0.6 is 0 Å². The molecule has 3 atom stereocenters. The quantitative estimate of drug-likeness (QED) is 0.268. The first kappa shape index (κ1) is 40.7. The Hall–Kier alpha value is -4.95. The van der Waals surface area contributed by atoms with Crippen molar-refractivity contribution in [2.24, 2.45) is 5.92 Å². The number of esters is 1. The second kappa shape index (κ2) is 18.8. The lowest BCUT2D eigenvalue weighted by molar-refractivity contribution is -0.145. The van der Waals surface area contributed by atoms with Crippen LogP contribution in [0.3, 0.4) is 0 Å². The zero-order chi connectivity index (χ0) is 39.8. The summed E-state index contributed by atoms with van der Waals surface area (Å²) in [6.07, 6.45) is 7.06. The molecule has 56 heavy (non-hydrogen) atoms. The molecule has 6 rings (SSSR count). The van der Waals surface area contributed by atoms with Crippen molar-refractivity contribution in [2.45, 2.75) is 116 Å². The van der Waals surface area contributed by atoms with Crippen LogP contribution in [0.5, 0.6) is 5.75 Å². The number of nitrogens with one attached hydrogen (secondary N) is 2. The number of hydrogen-bond donors (Lipinski definition) is 2. The van der Waals surface area contributed by atoms with Gasteiger partial charge in [-0.05, 0) is 95.8 Å². The lowest BCUT2D eigenvalue weighted by Crippen LogP contribution is -2.56.